The van der Waals surface area contributed by atoms with Crippen LogP contribution in [-0.4, -0.2) is 80.6 Å². The summed E-state index contributed by atoms with van der Waals surface area (Å²) in [4.78, 5) is 37.2. The molecule has 0 fully saturated rings. The molecule has 380 valence electrons. The van der Waals surface area contributed by atoms with E-state index in [9.17, 15) is 19.5 Å². The number of unbranched alkanes of at least 4 members (excludes halogenated alkanes) is 30. The van der Waals surface area contributed by atoms with Crippen molar-refractivity contribution in [2.24, 2.45) is 0 Å². The van der Waals surface area contributed by atoms with Crippen LogP contribution in [-0.2, 0) is 28.6 Å². The first-order chi connectivity index (χ1) is 31.6. The van der Waals surface area contributed by atoms with Crippen LogP contribution in [0.4, 0.5) is 0 Å². The molecule has 0 aliphatic carbocycles. The fourth-order valence-corrected chi connectivity index (χ4v) is 8.34. The molecule has 0 radical (unpaired) electrons. The maximum Gasteiger partial charge on any atom is 0.362 e. The highest BCUT2D eigenvalue weighted by molar-refractivity contribution is 5.72. The van der Waals surface area contributed by atoms with Gasteiger partial charge < -0.3 is 23.8 Å². The van der Waals surface area contributed by atoms with E-state index >= 15 is 0 Å². The van der Waals surface area contributed by atoms with Crippen molar-refractivity contribution in [2.45, 2.75) is 270 Å². The number of rotatable bonds is 50. The second-order valence-corrected chi connectivity index (χ2v) is 19.8. The van der Waals surface area contributed by atoms with Crippen molar-refractivity contribution < 1.29 is 38.2 Å². The average molecular weight is 917 g/mol. The Morgan fingerprint density at radius 1 is 0.477 bits per heavy atom. The van der Waals surface area contributed by atoms with E-state index in [0.29, 0.717) is 19.3 Å². The van der Waals surface area contributed by atoms with E-state index in [-0.39, 0.29) is 36.2 Å². The van der Waals surface area contributed by atoms with E-state index in [4.69, 9.17) is 14.2 Å². The summed E-state index contributed by atoms with van der Waals surface area (Å²) in [6.07, 6.45) is 57.7. The van der Waals surface area contributed by atoms with Gasteiger partial charge in [-0.3, -0.25) is 9.59 Å². The lowest BCUT2D eigenvalue weighted by Gasteiger charge is -2.31. The Hall–Kier alpha value is -2.45. The van der Waals surface area contributed by atoms with Gasteiger partial charge in [-0.25, -0.2) is 4.79 Å². The molecule has 0 heterocycles. The molecular formula is C57H106NO7+. The van der Waals surface area contributed by atoms with Crippen molar-refractivity contribution in [3.05, 3.63) is 36.5 Å². The van der Waals surface area contributed by atoms with Gasteiger partial charge in [0.1, 0.15) is 6.61 Å². The Balaban J connectivity index is 4.15. The van der Waals surface area contributed by atoms with Crippen LogP contribution < -0.4 is 0 Å². The number of nitrogens with zero attached hydrogens (tertiary/aromatic N) is 1. The van der Waals surface area contributed by atoms with Gasteiger partial charge in [-0.2, -0.15) is 0 Å². The smallest absolute Gasteiger partial charge is 0.362 e. The zero-order chi connectivity index (χ0) is 47.7. The Morgan fingerprint density at radius 3 is 1.28 bits per heavy atom. The summed E-state index contributed by atoms with van der Waals surface area (Å²) in [6.45, 7) is 4.68. The summed E-state index contributed by atoms with van der Waals surface area (Å²) >= 11 is 0. The number of carboxylic acids is 1. The van der Waals surface area contributed by atoms with E-state index in [1.807, 2.05) is 21.1 Å². The van der Waals surface area contributed by atoms with Gasteiger partial charge in [-0.05, 0) is 44.9 Å². The topological polar surface area (TPSA) is 99.1 Å². The Kier molecular flexibility index (Phi) is 46.2. The van der Waals surface area contributed by atoms with Crippen LogP contribution >= 0.6 is 0 Å². The number of likely N-dealkylation sites (N-methyl/N-ethyl adjacent to an activating group) is 1. The number of ether oxygens (including phenoxy) is 3. The van der Waals surface area contributed by atoms with Gasteiger partial charge in [0, 0.05) is 19.3 Å². The number of carbonyl (C=O) groups is 3. The van der Waals surface area contributed by atoms with Gasteiger partial charge in [-0.15, -0.1) is 0 Å². The summed E-state index contributed by atoms with van der Waals surface area (Å²) in [5.41, 5.74) is 0. The lowest BCUT2D eigenvalue weighted by atomic mass is 10.0. The van der Waals surface area contributed by atoms with Crippen LogP contribution in [0.15, 0.2) is 36.5 Å². The third kappa shape index (κ3) is 46.4. The third-order valence-electron chi connectivity index (χ3n) is 12.6. The van der Waals surface area contributed by atoms with Crippen molar-refractivity contribution in [1.29, 1.82) is 0 Å². The molecule has 1 N–H and O–H groups in total. The molecule has 8 heteroatoms. The second kappa shape index (κ2) is 48.0. The molecule has 0 aromatic rings. The normalized spacial score (nSPS) is 13.1. The fourth-order valence-electron chi connectivity index (χ4n) is 8.34. The number of carbonyl (C=O) groups excluding carboxylic acids is 2. The van der Waals surface area contributed by atoms with Crippen molar-refractivity contribution in [3.8, 4) is 0 Å². The van der Waals surface area contributed by atoms with E-state index in [1.54, 1.807) is 0 Å². The van der Waals surface area contributed by atoms with E-state index in [1.165, 1.54) is 167 Å². The van der Waals surface area contributed by atoms with Crippen LogP contribution in [0, 0.1) is 0 Å². The molecule has 0 aromatic heterocycles. The number of allylic oxidation sites excluding steroid dienone is 6. The lowest BCUT2D eigenvalue weighted by molar-refractivity contribution is -0.887. The highest BCUT2D eigenvalue weighted by atomic mass is 16.6. The molecule has 0 aliphatic rings. The molecule has 2 unspecified atom stereocenters. The minimum atomic E-state index is -0.871. The highest BCUT2D eigenvalue weighted by Crippen LogP contribution is 2.17. The zero-order valence-electron chi connectivity index (χ0n) is 43.5. The minimum Gasteiger partial charge on any atom is -0.477 e. The van der Waals surface area contributed by atoms with E-state index < -0.39 is 18.1 Å². The van der Waals surface area contributed by atoms with Gasteiger partial charge >= 0.3 is 17.9 Å². The molecule has 0 rings (SSSR count). The first kappa shape index (κ1) is 62.5. The first-order valence-electron chi connectivity index (χ1n) is 27.5. The van der Waals surface area contributed by atoms with E-state index in [0.717, 1.165) is 57.8 Å². The van der Waals surface area contributed by atoms with Crippen LogP contribution in [0.25, 0.3) is 0 Å². The molecular weight excluding hydrogens is 811 g/mol. The molecule has 0 amide bonds. The minimum absolute atomic E-state index is 0.0471. The Bertz CT molecular complexity index is 1160. The summed E-state index contributed by atoms with van der Waals surface area (Å²) in [5, 5.41) is 9.67. The molecule has 0 aliphatic heterocycles. The number of carboxylic acid groups (broad SMARTS) is 1. The van der Waals surface area contributed by atoms with Crippen LogP contribution in [0.2, 0.25) is 0 Å². The molecule has 8 nitrogen and oxygen atoms in total. The summed E-state index contributed by atoms with van der Waals surface area (Å²) in [6, 6.07) is -0.613. The lowest BCUT2D eigenvalue weighted by Crippen LogP contribution is -2.50. The Labute approximate surface area is 402 Å². The van der Waals surface area contributed by atoms with Crippen LogP contribution in [0.3, 0.4) is 0 Å². The fraction of sp³-hybridized carbons (Fsp3) is 0.842. The van der Waals surface area contributed by atoms with Crippen molar-refractivity contribution in [2.75, 3.05) is 41.0 Å². The Morgan fingerprint density at radius 2 is 0.862 bits per heavy atom. The SMILES string of the molecule is CC/C=C/C/C=C/C/C=C/CCCCCCCCCCCCCCCC(=O)OCC(COCCC(C(=O)O)[N+](C)(C)C)OC(=O)CCCCCCCCCCCCCCCCCCCC. The largest absolute Gasteiger partial charge is 0.477 e. The average Bonchev–Trinajstić information content (AvgIpc) is 3.27. The first-order valence-corrected chi connectivity index (χ1v) is 27.5. The van der Waals surface area contributed by atoms with Crippen LogP contribution in [0.5, 0.6) is 0 Å². The number of aliphatic carboxylic acids is 1. The summed E-state index contributed by atoms with van der Waals surface area (Å²) < 4.78 is 17.4. The quantitative estimate of drug-likeness (QED) is 0.0281. The standard InChI is InChI=1S/C57H105NO7/c1-6-8-10-12-14-16-18-20-22-24-26-27-28-29-30-32-33-35-37-39-41-43-45-47-55(59)64-52-53(51-63-50-49-54(57(61)62)58(3,4)5)65-56(60)48-46-44-42-40-38-36-34-31-25-23-21-19-17-15-13-11-9-7-2/h8,10,14,16,20,22,53-54H,6-7,9,11-13,15,17-19,21,23-52H2,1-5H3/p+1/b10-8+,16-14+,22-20+. The monoisotopic (exact) mass is 917 g/mol. The predicted molar refractivity (Wildman–Crippen MR) is 275 cm³/mol. The van der Waals surface area contributed by atoms with Crippen LogP contribution in [0.1, 0.15) is 258 Å². The molecule has 0 saturated carbocycles. The second-order valence-electron chi connectivity index (χ2n) is 19.8. The predicted octanol–water partition coefficient (Wildman–Crippen LogP) is 16.1. The van der Waals surface area contributed by atoms with Gasteiger partial charge in [0.2, 0.25) is 0 Å². The number of quaternary nitrogens is 1. The third-order valence-corrected chi connectivity index (χ3v) is 12.6. The van der Waals surface area contributed by atoms with Gasteiger partial charge in [0.15, 0.2) is 12.1 Å². The van der Waals surface area contributed by atoms with Gasteiger partial charge in [0.05, 0.1) is 34.4 Å². The van der Waals surface area contributed by atoms with Crippen molar-refractivity contribution >= 4 is 17.9 Å². The number of esters is 2. The van der Waals surface area contributed by atoms with Gasteiger partial charge in [-0.1, -0.05) is 230 Å². The number of hydrogen-bond acceptors (Lipinski definition) is 6. The molecule has 2 atom stereocenters. The molecule has 0 spiro atoms. The maximum atomic E-state index is 12.8. The summed E-state index contributed by atoms with van der Waals surface area (Å²) in [7, 11) is 5.55. The van der Waals surface area contributed by atoms with E-state index in [2.05, 4.69) is 50.3 Å². The van der Waals surface area contributed by atoms with Crippen molar-refractivity contribution in [3.63, 3.8) is 0 Å². The molecule has 0 aromatic carbocycles. The summed E-state index contributed by atoms with van der Waals surface area (Å²) in [5.74, 6) is -1.45. The highest BCUT2D eigenvalue weighted by Gasteiger charge is 2.31. The zero-order valence-corrected chi connectivity index (χ0v) is 43.5. The molecule has 65 heavy (non-hydrogen) atoms. The maximum absolute atomic E-state index is 12.8. The van der Waals surface area contributed by atoms with Crippen molar-refractivity contribution in [1.82, 2.24) is 0 Å². The number of hydrogen-bond donors (Lipinski definition) is 1. The van der Waals surface area contributed by atoms with Gasteiger partial charge in [0.25, 0.3) is 0 Å². The molecule has 0 saturated heterocycles. The molecule has 0 bridgehead atoms.